The third kappa shape index (κ3) is 5.42. The van der Waals surface area contributed by atoms with Crippen LogP contribution in [0.4, 0.5) is 8.78 Å². The summed E-state index contributed by atoms with van der Waals surface area (Å²) in [5.74, 6) is -1.88. The van der Waals surface area contributed by atoms with Gasteiger partial charge in [0.25, 0.3) is 0 Å². The van der Waals surface area contributed by atoms with E-state index < -0.39 is 11.6 Å². The van der Waals surface area contributed by atoms with Crippen LogP contribution in [0.5, 0.6) is 0 Å². The number of hydrogen-bond acceptors (Lipinski definition) is 3. The van der Waals surface area contributed by atoms with Gasteiger partial charge in [0.15, 0.2) is 0 Å². The SMILES string of the molecule is Cl.NCCNC(=O)C1CCCN(C(=O)Cc2cc(F)ccc2F)C1. The maximum Gasteiger partial charge on any atom is 0.227 e. The fourth-order valence-corrected chi connectivity index (χ4v) is 2.71. The summed E-state index contributed by atoms with van der Waals surface area (Å²) >= 11 is 0. The molecule has 0 bridgehead atoms. The van der Waals surface area contributed by atoms with Crippen molar-refractivity contribution in [1.82, 2.24) is 10.2 Å². The molecule has 1 aromatic carbocycles. The van der Waals surface area contributed by atoms with Gasteiger partial charge in [0.05, 0.1) is 12.3 Å². The third-order valence-electron chi connectivity index (χ3n) is 3.94. The van der Waals surface area contributed by atoms with Crippen LogP contribution in [0.25, 0.3) is 0 Å². The standard InChI is InChI=1S/C16H21F2N3O2.ClH/c17-13-3-4-14(18)12(8-13)9-15(22)21-7-1-2-11(10-21)16(23)20-6-5-19;/h3-4,8,11H,1-2,5-7,9-10,19H2,(H,20,23);1H. The maximum atomic E-state index is 13.6. The van der Waals surface area contributed by atoms with Crippen LogP contribution in [0.3, 0.4) is 0 Å². The minimum Gasteiger partial charge on any atom is -0.355 e. The fourth-order valence-electron chi connectivity index (χ4n) is 2.71. The monoisotopic (exact) mass is 361 g/mol. The van der Waals surface area contributed by atoms with E-state index in [0.29, 0.717) is 39.0 Å². The Hall–Kier alpha value is -1.73. The Bertz CT molecular complexity index is 586. The largest absolute Gasteiger partial charge is 0.355 e. The number of halogens is 3. The number of nitrogens with zero attached hydrogens (tertiary/aromatic N) is 1. The molecule has 1 atom stereocenters. The summed E-state index contributed by atoms with van der Waals surface area (Å²) in [6, 6.07) is 3.06. The number of nitrogens with one attached hydrogen (secondary N) is 1. The summed E-state index contributed by atoms with van der Waals surface area (Å²) < 4.78 is 26.8. The van der Waals surface area contributed by atoms with Crippen molar-refractivity contribution in [2.75, 3.05) is 26.2 Å². The van der Waals surface area contributed by atoms with Crippen LogP contribution in [-0.4, -0.2) is 42.9 Å². The van der Waals surface area contributed by atoms with Crippen molar-refractivity contribution in [1.29, 1.82) is 0 Å². The lowest BCUT2D eigenvalue weighted by atomic mass is 9.96. The first kappa shape index (κ1) is 20.3. The Labute approximate surface area is 146 Å². The van der Waals surface area contributed by atoms with E-state index in [-0.39, 0.29) is 42.1 Å². The molecule has 1 aromatic rings. The highest BCUT2D eigenvalue weighted by Crippen LogP contribution is 2.19. The van der Waals surface area contributed by atoms with E-state index in [2.05, 4.69) is 5.32 Å². The zero-order chi connectivity index (χ0) is 16.8. The van der Waals surface area contributed by atoms with Gasteiger partial charge >= 0.3 is 0 Å². The number of likely N-dealkylation sites (tertiary alicyclic amines) is 1. The molecule has 1 unspecified atom stereocenters. The summed E-state index contributed by atoms with van der Waals surface area (Å²) in [6.45, 7) is 1.58. The van der Waals surface area contributed by atoms with Crippen molar-refractivity contribution < 1.29 is 18.4 Å². The number of carbonyl (C=O) groups excluding carboxylic acids is 2. The molecule has 1 saturated heterocycles. The van der Waals surface area contributed by atoms with E-state index >= 15 is 0 Å². The van der Waals surface area contributed by atoms with E-state index in [1.165, 1.54) is 0 Å². The molecule has 0 aliphatic carbocycles. The van der Waals surface area contributed by atoms with E-state index in [9.17, 15) is 18.4 Å². The number of nitrogens with two attached hydrogens (primary N) is 1. The topological polar surface area (TPSA) is 75.4 Å². The Kier molecular flexibility index (Phi) is 8.07. The van der Waals surface area contributed by atoms with Crippen LogP contribution < -0.4 is 11.1 Å². The molecule has 8 heteroatoms. The van der Waals surface area contributed by atoms with Crippen LogP contribution in [0.1, 0.15) is 18.4 Å². The Balaban J connectivity index is 0.00000288. The molecule has 134 valence electrons. The van der Waals surface area contributed by atoms with Crippen molar-refractivity contribution >= 4 is 24.2 Å². The maximum absolute atomic E-state index is 13.6. The molecule has 0 spiro atoms. The highest BCUT2D eigenvalue weighted by molar-refractivity contribution is 5.85. The Morgan fingerprint density at radius 1 is 1.33 bits per heavy atom. The van der Waals surface area contributed by atoms with Gasteiger partial charge in [-0.2, -0.15) is 0 Å². The number of amides is 2. The molecule has 2 amide bonds. The third-order valence-corrected chi connectivity index (χ3v) is 3.94. The van der Waals surface area contributed by atoms with E-state index in [1.54, 1.807) is 4.90 Å². The molecule has 2 rings (SSSR count). The predicted molar refractivity (Wildman–Crippen MR) is 88.7 cm³/mol. The average Bonchev–Trinajstić information content (AvgIpc) is 2.56. The van der Waals surface area contributed by atoms with Crippen LogP contribution in [-0.2, 0) is 16.0 Å². The van der Waals surface area contributed by atoms with Gasteiger partial charge < -0.3 is 16.0 Å². The van der Waals surface area contributed by atoms with Gasteiger partial charge in [-0.1, -0.05) is 0 Å². The molecule has 0 aromatic heterocycles. The van der Waals surface area contributed by atoms with Crippen molar-refractivity contribution in [3.8, 4) is 0 Å². The van der Waals surface area contributed by atoms with Crippen molar-refractivity contribution in [2.24, 2.45) is 11.7 Å². The summed E-state index contributed by atoms with van der Waals surface area (Å²) in [5, 5.41) is 2.72. The zero-order valence-electron chi connectivity index (χ0n) is 13.3. The molecule has 0 radical (unpaired) electrons. The van der Waals surface area contributed by atoms with Crippen molar-refractivity contribution in [2.45, 2.75) is 19.3 Å². The summed E-state index contributed by atoms with van der Waals surface area (Å²) in [4.78, 5) is 25.8. The quantitative estimate of drug-likeness (QED) is 0.828. The van der Waals surface area contributed by atoms with Crippen LogP contribution in [0.15, 0.2) is 18.2 Å². The highest BCUT2D eigenvalue weighted by Gasteiger charge is 2.28. The van der Waals surface area contributed by atoms with Crippen LogP contribution in [0.2, 0.25) is 0 Å². The van der Waals surface area contributed by atoms with Crippen molar-refractivity contribution in [3.05, 3.63) is 35.4 Å². The van der Waals surface area contributed by atoms with Gasteiger partial charge in [-0.15, -0.1) is 12.4 Å². The number of benzene rings is 1. The molecular formula is C16H22ClF2N3O2. The lowest BCUT2D eigenvalue weighted by Gasteiger charge is -2.32. The first-order valence-corrected chi connectivity index (χ1v) is 7.70. The second-order valence-electron chi connectivity index (χ2n) is 5.67. The number of hydrogen-bond donors (Lipinski definition) is 2. The molecule has 1 aliphatic rings. The van der Waals surface area contributed by atoms with Gasteiger partial charge in [0, 0.05) is 31.7 Å². The van der Waals surface area contributed by atoms with Gasteiger partial charge in [-0.25, -0.2) is 8.78 Å². The molecule has 1 heterocycles. The predicted octanol–water partition coefficient (Wildman–Crippen LogP) is 1.24. The van der Waals surface area contributed by atoms with Gasteiger partial charge in [-0.05, 0) is 31.0 Å². The minimum absolute atomic E-state index is 0. The molecule has 1 fully saturated rings. The minimum atomic E-state index is -0.603. The smallest absolute Gasteiger partial charge is 0.227 e. The number of piperidine rings is 1. The molecular weight excluding hydrogens is 340 g/mol. The van der Waals surface area contributed by atoms with E-state index in [1.807, 2.05) is 0 Å². The Morgan fingerprint density at radius 2 is 2.08 bits per heavy atom. The lowest BCUT2D eigenvalue weighted by molar-refractivity contribution is -0.135. The molecule has 0 saturated carbocycles. The summed E-state index contributed by atoms with van der Waals surface area (Å²) in [7, 11) is 0. The molecule has 24 heavy (non-hydrogen) atoms. The summed E-state index contributed by atoms with van der Waals surface area (Å²) in [5.41, 5.74) is 5.38. The van der Waals surface area contributed by atoms with Gasteiger partial charge in [0.2, 0.25) is 11.8 Å². The summed E-state index contributed by atoms with van der Waals surface area (Å²) in [6.07, 6.45) is 1.20. The van der Waals surface area contributed by atoms with Crippen LogP contribution in [0, 0.1) is 17.6 Å². The van der Waals surface area contributed by atoms with E-state index in [4.69, 9.17) is 5.73 Å². The van der Waals surface area contributed by atoms with E-state index in [0.717, 1.165) is 18.2 Å². The fraction of sp³-hybridized carbons (Fsp3) is 0.500. The van der Waals surface area contributed by atoms with Gasteiger partial charge in [-0.3, -0.25) is 9.59 Å². The molecule has 3 N–H and O–H groups in total. The lowest BCUT2D eigenvalue weighted by Crippen LogP contribution is -2.46. The zero-order valence-corrected chi connectivity index (χ0v) is 14.1. The number of rotatable bonds is 5. The van der Waals surface area contributed by atoms with Crippen molar-refractivity contribution in [3.63, 3.8) is 0 Å². The van der Waals surface area contributed by atoms with Gasteiger partial charge in [0.1, 0.15) is 11.6 Å². The normalized spacial score (nSPS) is 17.1. The Morgan fingerprint density at radius 3 is 2.79 bits per heavy atom. The first-order valence-electron chi connectivity index (χ1n) is 7.70. The molecule has 1 aliphatic heterocycles. The average molecular weight is 362 g/mol. The molecule has 5 nitrogen and oxygen atoms in total. The second kappa shape index (κ2) is 9.54. The highest BCUT2D eigenvalue weighted by atomic mass is 35.5. The second-order valence-corrected chi connectivity index (χ2v) is 5.67. The first-order chi connectivity index (χ1) is 11.0. The number of carbonyl (C=O) groups is 2. The van der Waals surface area contributed by atoms with Crippen LogP contribution >= 0.6 is 12.4 Å².